The van der Waals surface area contributed by atoms with Crippen LogP contribution in [0.1, 0.15) is 97.2 Å². The molecule has 1 aliphatic heterocycles. The summed E-state index contributed by atoms with van der Waals surface area (Å²) in [6.45, 7) is 13.8. The van der Waals surface area contributed by atoms with Gasteiger partial charge >= 0.3 is 0 Å². The van der Waals surface area contributed by atoms with Crippen molar-refractivity contribution in [3.8, 4) is 44.9 Å². The van der Waals surface area contributed by atoms with Gasteiger partial charge in [0.05, 0.1) is 10.8 Å². The average molecular weight is 761 g/mol. The Kier molecular flexibility index (Phi) is 7.58. The van der Waals surface area contributed by atoms with Crippen molar-refractivity contribution in [2.45, 2.75) is 63.2 Å². The molecule has 1 heteroatoms. The van der Waals surface area contributed by atoms with Gasteiger partial charge in [-0.1, -0.05) is 199 Å². The summed E-state index contributed by atoms with van der Waals surface area (Å²) in [4.78, 5) is 0. The van der Waals surface area contributed by atoms with E-state index in [9.17, 15) is 0 Å². The summed E-state index contributed by atoms with van der Waals surface area (Å²) in [6.07, 6.45) is 0. The summed E-state index contributed by atoms with van der Waals surface area (Å²) in [5.41, 5.74) is 19.4. The molecule has 8 aromatic carbocycles. The molecular weight excluding hydrogens is 713 g/mol. The second-order valence-corrected chi connectivity index (χ2v) is 18.9. The number of ether oxygens (including phenoxy) is 1. The van der Waals surface area contributed by atoms with Crippen LogP contribution in [0.25, 0.3) is 33.4 Å². The predicted octanol–water partition coefficient (Wildman–Crippen LogP) is 14.8. The molecule has 2 aliphatic carbocycles. The Bertz CT molecular complexity index is 2860. The van der Waals surface area contributed by atoms with E-state index in [4.69, 9.17) is 4.74 Å². The first-order valence-corrected chi connectivity index (χ1v) is 21.1. The molecule has 0 saturated carbocycles. The molecule has 0 aromatic heterocycles. The third-order valence-electron chi connectivity index (χ3n) is 13.6. The lowest BCUT2D eigenvalue weighted by atomic mass is 9.65. The number of rotatable bonds is 3. The number of benzene rings is 8. The second kappa shape index (κ2) is 12.5. The first kappa shape index (κ1) is 35.7. The highest BCUT2D eigenvalue weighted by Gasteiger charge is 2.51. The van der Waals surface area contributed by atoms with E-state index in [1.54, 1.807) is 0 Å². The molecule has 1 spiro atoms. The summed E-state index contributed by atoms with van der Waals surface area (Å²) in [6, 6.07) is 68.7. The van der Waals surface area contributed by atoms with Crippen molar-refractivity contribution in [3.05, 3.63) is 238 Å². The molecule has 0 atom stereocenters. The van der Waals surface area contributed by atoms with Crippen LogP contribution in [0, 0.1) is 0 Å². The van der Waals surface area contributed by atoms with Gasteiger partial charge in [0.25, 0.3) is 0 Å². The molecular formula is C58H48O. The van der Waals surface area contributed by atoms with Crippen molar-refractivity contribution in [2.75, 3.05) is 0 Å². The van der Waals surface area contributed by atoms with Crippen LogP contribution in [-0.4, -0.2) is 0 Å². The fourth-order valence-electron chi connectivity index (χ4n) is 10.7. The summed E-state index contributed by atoms with van der Waals surface area (Å²) >= 11 is 0. The van der Waals surface area contributed by atoms with Gasteiger partial charge in [-0.2, -0.15) is 0 Å². The SMILES string of the molecule is CC(C)(C)c1ccc(C2(c3ccc(C(C)(C)C)cc3)c3ccccc3-c3ccc(-c4ccc5c(c4)C4(c6ccccc6O5)c5ccccc5-c5ccccc54)cc32)cc1. The van der Waals surface area contributed by atoms with Gasteiger partial charge in [-0.15, -0.1) is 0 Å². The van der Waals surface area contributed by atoms with Crippen molar-refractivity contribution in [2.24, 2.45) is 0 Å². The van der Waals surface area contributed by atoms with Gasteiger partial charge in [0.15, 0.2) is 0 Å². The Labute approximate surface area is 349 Å². The van der Waals surface area contributed by atoms with E-state index in [1.807, 2.05) is 0 Å². The zero-order valence-corrected chi connectivity index (χ0v) is 34.7. The molecule has 286 valence electrons. The fourth-order valence-corrected chi connectivity index (χ4v) is 10.7. The number of hydrogen-bond acceptors (Lipinski definition) is 1. The van der Waals surface area contributed by atoms with Gasteiger partial charge in [0, 0.05) is 11.1 Å². The lowest BCUT2D eigenvalue weighted by molar-refractivity contribution is 0.436. The van der Waals surface area contributed by atoms with Crippen LogP contribution >= 0.6 is 0 Å². The van der Waals surface area contributed by atoms with Gasteiger partial charge in [-0.3, -0.25) is 0 Å². The summed E-state index contributed by atoms with van der Waals surface area (Å²) in [7, 11) is 0. The van der Waals surface area contributed by atoms with E-state index in [1.165, 1.54) is 89.0 Å². The standard InChI is InChI=1S/C58H48O/c1-55(2,3)39-25-29-41(30-26-39)57(42-31-27-40(28-32-42)56(4,5)6)47-18-10-7-17-45(47)46-33-23-37(35-51(46)57)38-24-34-54-52(36-38)58(50-21-13-14-22-53(50)59-54)48-19-11-8-15-43(48)44-16-9-12-20-49(44)58/h7-36H,1-6H3. The lowest BCUT2D eigenvalue weighted by Crippen LogP contribution is -2.32. The zero-order chi connectivity index (χ0) is 40.3. The second-order valence-electron chi connectivity index (χ2n) is 18.9. The van der Waals surface area contributed by atoms with Crippen LogP contribution in [0.2, 0.25) is 0 Å². The van der Waals surface area contributed by atoms with Crippen LogP contribution in [0.15, 0.2) is 182 Å². The maximum absolute atomic E-state index is 6.82. The fraction of sp³-hybridized carbons (Fsp3) is 0.172. The molecule has 1 heterocycles. The number of para-hydroxylation sites is 1. The van der Waals surface area contributed by atoms with Crippen LogP contribution in [0.4, 0.5) is 0 Å². The van der Waals surface area contributed by atoms with Crippen LogP contribution < -0.4 is 4.74 Å². The molecule has 0 radical (unpaired) electrons. The molecule has 0 fully saturated rings. The Hall–Kier alpha value is -6.44. The van der Waals surface area contributed by atoms with Crippen molar-refractivity contribution in [1.82, 2.24) is 0 Å². The number of hydrogen-bond donors (Lipinski definition) is 0. The van der Waals surface area contributed by atoms with Crippen molar-refractivity contribution >= 4 is 0 Å². The Morgan fingerprint density at radius 3 is 1.22 bits per heavy atom. The molecule has 0 amide bonds. The van der Waals surface area contributed by atoms with E-state index >= 15 is 0 Å². The highest BCUT2D eigenvalue weighted by atomic mass is 16.5. The van der Waals surface area contributed by atoms with Gasteiger partial charge in [-0.05, 0) is 113 Å². The van der Waals surface area contributed by atoms with Crippen molar-refractivity contribution < 1.29 is 4.74 Å². The molecule has 0 bridgehead atoms. The molecule has 3 aliphatic rings. The summed E-state index contributed by atoms with van der Waals surface area (Å²) < 4.78 is 6.82. The molecule has 0 N–H and O–H groups in total. The topological polar surface area (TPSA) is 9.23 Å². The average Bonchev–Trinajstić information content (AvgIpc) is 3.71. The Balaban J connectivity index is 1.16. The summed E-state index contributed by atoms with van der Waals surface area (Å²) in [5.74, 6) is 1.81. The first-order valence-electron chi connectivity index (χ1n) is 21.1. The molecule has 11 rings (SSSR count). The molecule has 59 heavy (non-hydrogen) atoms. The number of fused-ring (bicyclic) bond motifs is 12. The third-order valence-corrected chi connectivity index (χ3v) is 13.6. The smallest absolute Gasteiger partial charge is 0.132 e. The third kappa shape index (κ3) is 4.97. The minimum absolute atomic E-state index is 0.0487. The molecule has 1 nitrogen and oxygen atoms in total. The summed E-state index contributed by atoms with van der Waals surface area (Å²) in [5, 5.41) is 0. The zero-order valence-electron chi connectivity index (χ0n) is 34.7. The highest BCUT2D eigenvalue weighted by Crippen LogP contribution is 2.63. The Morgan fingerprint density at radius 1 is 0.322 bits per heavy atom. The van der Waals surface area contributed by atoms with Gasteiger partial charge in [-0.25, -0.2) is 0 Å². The van der Waals surface area contributed by atoms with E-state index in [0.717, 1.165) is 11.5 Å². The molecule has 0 saturated heterocycles. The maximum Gasteiger partial charge on any atom is 0.132 e. The van der Waals surface area contributed by atoms with Gasteiger partial charge in [0.1, 0.15) is 11.5 Å². The van der Waals surface area contributed by atoms with Gasteiger partial charge < -0.3 is 4.74 Å². The van der Waals surface area contributed by atoms with E-state index in [-0.39, 0.29) is 10.8 Å². The quantitative estimate of drug-likeness (QED) is 0.174. The van der Waals surface area contributed by atoms with Crippen LogP contribution in [-0.2, 0) is 21.7 Å². The Morgan fingerprint density at radius 2 is 0.712 bits per heavy atom. The van der Waals surface area contributed by atoms with E-state index in [0.29, 0.717) is 0 Å². The highest BCUT2D eigenvalue weighted by molar-refractivity contribution is 5.91. The lowest BCUT2D eigenvalue weighted by Gasteiger charge is -2.39. The van der Waals surface area contributed by atoms with E-state index < -0.39 is 10.8 Å². The monoisotopic (exact) mass is 760 g/mol. The predicted molar refractivity (Wildman–Crippen MR) is 244 cm³/mol. The minimum Gasteiger partial charge on any atom is -0.457 e. The minimum atomic E-state index is -0.520. The normalized spacial score (nSPS) is 15.0. The van der Waals surface area contributed by atoms with Crippen molar-refractivity contribution in [1.29, 1.82) is 0 Å². The largest absolute Gasteiger partial charge is 0.457 e. The first-order chi connectivity index (χ1) is 28.5. The molecule has 0 unspecified atom stereocenters. The van der Waals surface area contributed by atoms with Crippen LogP contribution in [0.5, 0.6) is 11.5 Å². The van der Waals surface area contributed by atoms with Crippen molar-refractivity contribution in [3.63, 3.8) is 0 Å². The van der Waals surface area contributed by atoms with Crippen LogP contribution in [0.3, 0.4) is 0 Å². The molecule has 8 aromatic rings. The van der Waals surface area contributed by atoms with E-state index in [2.05, 4.69) is 224 Å². The van der Waals surface area contributed by atoms with Gasteiger partial charge in [0.2, 0.25) is 0 Å². The maximum atomic E-state index is 6.82.